The molecule has 0 aliphatic carbocycles. The van der Waals surface area contributed by atoms with Gasteiger partial charge in [0.1, 0.15) is 5.82 Å². The Bertz CT molecular complexity index is 578. The summed E-state index contributed by atoms with van der Waals surface area (Å²) in [5.41, 5.74) is 6.73. The number of amides is 1. The van der Waals surface area contributed by atoms with E-state index in [1.807, 2.05) is 26.1 Å². The molecule has 5 nitrogen and oxygen atoms in total. The van der Waals surface area contributed by atoms with E-state index in [2.05, 4.69) is 23.6 Å². The van der Waals surface area contributed by atoms with Gasteiger partial charge in [-0.2, -0.15) is 0 Å². The maximum Gasteiger partial charge on any atom is 0.239 e. The molecule has 1 aliphatic heterocycles. The summed E-state index contributed by atoms with van der Waals surface area (Å²) in [7, 11) is 1.85. The highest BCUT2D eigenvalue weighted by molar-refractivity contribution is 5.85. The largest absolute Gasteiger partial charge is 0.369 e. The number of hydrogen-bond acceptors (Lipinski definition) is 4. The number of likely N-dealkylation sites (N-methyl/N-ethyl adjacent to an activating group) is 1. The van der Waals surface area contributed by atoms with Gasteiger partial charge in [0.25, 0.3) is 0 Å². The molecule has 8 heteroatoms. The first-order valence-corrected chi connectivity index (χ1v) is 8.93. The van der Waals surface area contributed by atoms with Crippen LogP contribution in [0.25, 0.3) is 0 Å². The van der Waals surface area contributed by atoms with Crippen molar-refractivity contribution < 1.29 is 9.18 Å². The van der Waals surface area contributed by atoms with Crippen LogP contribution in [-0.2, 0) is 4.79 Å². The summed E-state index contributed by atoms with van der Waals surface area (Å²) in [6.07, 6.45) is 0. The van der Waals surface area contributed by atoms with Crippen LogP contribution in [0, 0.1) is 11.2 Å². The van der Waals surface area contributed by atoms with Crippen LogP contribution in [0.15, 0.2) is 24.3 Å². The topological polar surface area (TPSA) is 52.8 Å². The zero-order valence-corrected chi connectivity index (χ0v) is 18.3. The smallest absolute Gasteiger partial charge is 0.239 e. The first-order valence-electron chi connectivity index (χ1n) is 8.93. The highest BCUT2D eigenvalue weighted by Gasteiger charge is 2.29. The normalized spacial score (nSPS) is 16.1. The first kappa shape index (κ1) is 25.9. The molecule has 0 bridgehead atoms. The molecule has 1 heterocycles. The van der Waals surface area contributed by atoms with Crippen LogP contribution in [0.2, 0.25) is 0 Å². The highest BCUT2D eigenvalue weighted by Crippen LogP contribution is 2.19. The molecule has 0 radical (unpaired) electrons. The third kappa shape index (κ3) is 7.11. The molecule has 156 valence electrons. The molecule has 1 unspecified atom stereocenters. The number of anilines is 1. The van der Waals surface area contributed by atoms with Crippen molar-refractivity contribution in [2.24, 2.45) is 11.1 Å². The van der Waals surface area contributed by atoms with Gasteiger partial charge < -0.3 is 15.5 Å². The van der Waals surface area contributed by atoms with Gasteiger partial charge in [-0.05, 0) is 43.1 Å². The minimum atomic E-state index is -0.218. The van der Waals surface area contributed by atoms with Gasteiger partial charge in [-0.1, -0.05) is 13.8 Å². The predicted octanol–water partition coefficient (Wildman–Crippen LogP) is 2.62. The van der Waals surface area contributed by atoms with Gasteiger partial charge >= 0.3 is 0 Å². The standard InChI is InChI=1S/C19H31FN4O.2ClH/c1-15(18(25)22(4)14-19(2,3)13-21)23-9-11-24(12-10-23)17-7-5-16(20)6-8-17;;/h5-8,15H,9-14,21H2,1-4H3;2*1H. The van der Waals surface area contributed by atoms with E-state index in [0.717, 1.165) is 31.9 Å². The van der Waals surface area contributed by atoms with Gasteiger partial charge in [-0.3, -0.25) is 9.69 Å². The quantitative estimate of drug-likeness (QED) is 0.765. The number of carbonyl (C=O) groups is 1. The van der Waals surface area contributed by atoms with E-state index < -0.39 is 0 Å². The fraction of sp³-hybridized carbons (Fsp3) is 0.632. The third-order valence-corrected chi connectivity index (χ3v) is 5.01. The molecular formula is C19H33Cl2FN4O. The minimum Gasteiger partial charge on any atom is -0.369 e. The van der Waals surface area contributed by atoms with E-state index in [1.54, 1.807) is 4.90 Å². The summed E-state index contributed by atoms with van der Waals surface area (Å²) in [5.74, 6) is -0.0817. The molecule has 1 saturated heterocycles. The van der Waals surface area contributed by atoms with Crippen LogP contribution in [0.1, 0.15) is 20.8 Å². The predicted molar refractivity (Wildman–Crippen MR) is 115 cm³/mol. The molecule has 1 atom stereocenters. The van der Waals surface area contributed by atoms with E-state index in [9.17, 15) is 9.18 Å². The van der Waals surface area contributed by atoms with E-state index in [-0.39, 0.29) is 48.0 Å². The van der Waals surface area contributed by atoms with Gasteiger partial charge in [0.15, 0.2) is 0 Å². The Labute approximate surface area is 174 Å². The summed E-state index contributed by atoms with van der Waals surface area (Å²) in [4.78, 5) is 19.0. The number of rotatable bonds is 6. The van der Waals surface area contributed by atoms with Crippen LogP contribution in [0.3, 0.4) is 0 Å². The molecule has 1 aromatic rings. The zero-order valence-electron chi connectivity index (χ0n) is 16.7. The summed E-state index contributed by atoms with van der Waals surface area (Å²) in [5, 5.41) is 0. The van der Waals surface area contributed by atoms with Crippen molar-refractivity contribution in [1.29, 1.82) is 0 Å². The number of carbonyl (C=O) groups excluding carboxylic acids is 1. The number of halogens is 3. The SMILES string of the molecule is CC(C(=O)N(C)CC(C)(C)CN)N1CCN(c2ccc(F)cc2)CC1.Cl.Cl. The van der Waals surface area contributed by atoms with E-state index in [0.29, 0.717) is 13.1 Å². The van der Waals surface area contributed by atoms with Crippen molar-refractivity contribution in [3.63, 3.8) is 0 Å². The van der Waals surface area contributed by atoms with Crippen molar-refractivity contribution in [2.45, 2.75) is 26.8 Å². The van der Waals surface area contributed by atoms with Crippen molar-refractivity contribution in [3.05, 3.63) is 30.1 Å². The van der Waals surface area contributed by atoms with Gasteiger partial charge in [0.2, 0.25) is 5.91 Å². The lowest BCUT2D eigenvalue weighted by Crippen LogP contribution is -2.55. The van der Waals surface area contributed by atoms with Gasteiger partial charge in [-0.25, -0.2) is 4.39 Å². The van der Waals surface area contributed by atoms with Crippen LogP contribution in [-0.4, -0.2) is 68.1 Å². The Balaban J connectivity index is 0.00000338. The molecule has 27 heavy (non-hydrogen) atoms. The Hall–Kier alpha value is -1.08. The molecule has 1 aliphatic rings. The van der Waals surface area contributed by atoms with Crippen molar-refractivity contribution in [3.8, 4) is 0 Å². The highest BCUT2D eigenvalue weighted by atomic mass is 35.5. The first-order chi connectivity index (χ1) is 11.7. The lowest BCUT2D eigenvalue weighted by atomic mass is 9.93. The van der Waals surface area contributed by atoms with Crippen LogP contribution >= 0.6 is 24.8 Å². The molecule has 1 fully saturated rings. The number of piperazine rings is 1. The Kier molecular flexibility index (Phi) is 10.6. The maximum atomic E-state index is 13.1. The summed E-state index contributed by atoms with van der Waals surface area (Å²) < 4.78 is 13.1. The molecule has 1 amide bonds. The van der Waals surface area contributed by atoms with Crippen molar-refractivity contribution in [1.82, 2.24) is 9.80 Å². The Morgan fingerprint density at radius 1 is 1.19 bits per heavy atom. The molecule has 0 spiro atoms. The molecule has 2 N–H and O–H groups in total. The minimum absolute atomic E-state index is 0. The summed E-state index contributed by atoms with van der Waals surface area (Å²) >= 11 is 0. The molecular weight excluding hydrogens is 390 g/mol. The number of hydrogen-bond donors (Lipinski definition) is 1. The number of benzene rings is 1. The van der Waals surface area contributed by atoms with Crippen molar-refractivity contribution >= 4 is 36.4 Å². The third-order valence-electron chi connectivity index (χ3n) is 5.01. The van der Waals surface area contributed by atoms with E-state index in [4.69, 9.17) is 5.73 Å². The summed E-state index contributed by atoms with van der Waals surface area (Å²) in [6, 6.07) is 6.45. The lowest BCUT2D eigenvalue weighted by molar-refractivity contribution is -0.136. The van der Waals surface area contributed by atoms with Gasteiger partial charge in [0, 0.05) is 45.5 Å². The van der Waals surface area contributed by atoms with Crippen LogP contribution < -0.4 is 10.6 Å². The second kappa shape index (κ2) is 11.1. The average molecular weight is 423 g/mol. The fourth-order valence-corrected chi connectivity index (χ4v) is 3.28. The van der Waals surface area contributed by atoms with Crippen LogP contribution in [0.5, 0.6) is 0 Å². The monoisotopic (exact) mass is 422 g/mol. The Morgan fingerprint density at radius 2 is 1.70 bits per heavy atom. The second-order valence-corrected chi connectivity index (χ2v) is 7.74. The Morgan fingerprint density at radius 3 is 2.19 bits per heavy atom. The molecule has 1 aromatic carbocycles. The molecule has 0 aromatic heterocycles. The van der Waals surface area contributed by atoms with E-state index in [1.165, 1.54) is 12.1 Å². The second-order valence-electron chi connectivity index (χ2n) is 7.74. The zero-order chi connectivity index (χ0) is 18.6. The van der Waals surface area contributed by atoms with Crippen molar-refractivity contribution in [2.75, 3.05) is 51.2 Å². The molecule has 2 rings (SSSR count). The van der Waals surface area contributed by atoms with Gasteiger partial charge in [-0.15, -0.1) is 24.8 Å². The summed E-state index contributed by atoms with van der Waals surface area (Å²) in [6.45, 7) is 10.6. The van der Waals surface area contributed by atoms with E-state index >= 15 is 0 Å². The van der Waals surface area contributed by atoms with Gasteiger partial charge in [0.05, 0.1) is 6.04 Å². The van der Waals surface area contributed by atoms with Crippen LogP contribution in [0.4, 0.5) is 10.1 Å². The maximum absolute atomic E-state index is 13.1. The number of nitrogens with zero attached hydrogens (tertiary/aromatic N) is 3. The molecule has 0 saturated carbocycles. The lowest BCUT2D eigenvalue weighted by Gasteiger charge is -2.40. The number of nitrogens with two attached hydrogens (primary N) is 1. The fourth-order valence-electron chi connectivity index (χ4n) is 3.28. The average Bonchev–Trinajstić information content (AvgIpc) is 2.61.